The molecule has 1 heterocycles. The van der Waals surface area contributed by atoms with Crippen molar-refractivity contribution in [1.82, 2.24) is 4.98 Å². The van der Waals surface area contributed by atoms with Gasteiger partial charge in [0.05, 0.1) is 20.9 Å². The monoisotopic (exact) mass is 417 g/mol. The first kappa shape index (κ1) is 20.0. The number of nitrogens with zero attached hydrogens (tertiary/aromatic N) is 1. The van der Waals surface area contributed by atoms with Crippen LogP contribution in [0.2, 0.25) is 0 Å². The fourth-order valence-electron chi connectivity index (χ4n) is 2.53. The molecular weight excluding hydrogens is 398 g/mol. The van der Waals surface area contributed by atoms with Crippen LogP contribution in [-0.4, -0.2) is 31.0 Å². The lowest BCUT2D eigenvalue weighted by molar-refractivity contribution is -0.116. The molecule has 7 nitrogen and oxygen atoms in total. The highest BCUT2D eigenvalue weighted by molar-refractivity contribution is 7.91. The maximum absolute atomic E-state index is 12.3. The van der Waals surface area contributed by atoms with Crippen molar-refractivity contribution >= 4 is 54.0 Å². The topological polar surface area (TPSA) is 105 Å². The molecule has 0 saturated carbocycles. The number of aryl methyl sites for hydroxylation is 1. The van der Waals surface area contributed by atoms with Crippen molar-refractivity contribution < 1.29 is 18.0 Å². The quantitative estimate of drug-likeness (QED) is 0.640. The fraction of sp³-hybridized carbons (Fsp3) is 0.211. The molecule has 9 heteroatoms. The largest absolute Gasteiger partial charge is 0.326 e. The van der Waals surface area contributed by atoms with Crippen LogP contribution in [-0.2, 0) is 19.4 Å². The van der Waals surface area contributed by atoms with E-state index in [4.69, 9.17) is 0 Å². The normalized spacial score (nSPS) is 11.4. The summed E-state index contributed by atoms with van der Waals surface area (Å²) in [6.07, 6.45) is -0.163. The number of carbonyl (C=O) groups excluding carboxylic acids is 2. The summed E-state index contributed by atoms with van der Waals surface area (Å²) < 4.78 is 25.5. The molecule has 28 heavy (non-hydrogen) atoms. The van der Waals surface area contributed by atoms with Crippen molar-refractivity contribution in [2.24, 2.45) is 0 Å². The van der Waals surface area contributed by atoms with Gasteiger partial charge >= 0.3 is 0 Å². The first-order chi connectivity index (χ1) is 13.2. The van der Waals surface area contributed by atoms with Crippen LogP contribution in [0.15, 0.2) is 47.4 Å². The van der Waals surface area contributed by atoms with E-state index in [9.17, 15) is 18.0 Å². The van der Waals surface area contributed by atoms with Crippen LogP contribution in [0.1, 0.15) is 18.9 Å². The molecule has 1 aromatic heterocycles. The smallest absolute Gasteiger partial charge is 0.227 e. The molecule has 2 aromatic carbocycles. The van der Waals surface area contributed by atoms with E-state index in [0.29, 0.717) is 16.3 Å². The summed E-state index contributed by atoms with van der Waals surface area (Å²) in [6.45, 7) is 3.30. The van der Waals surface area contributed by atoms with E-state index < -0.39 is 15.7 Å². The van der Waals surface area contributed by atoms with Gasteiger partial charge in [-0.25, -0.2) is 13.4 Å². The number of nitrogens with one attached hydrogen (secondary N) is 2. The van der Waals surface area contributed by atoms with Crippen molar-refractivity contribution in [1.29, 1.82) is 0 Å². The van der Waals surface area contributed by atoms with Gasteiger partial charge in [-0.1, -0.05) is 29.0 Å². The second-order valence-corrected chi connectivity index (χ2v) is 9.45. The van der Waals surface area contributed by atoms with Gasteiger partial charge in [-0.15, -0.1) is 0 Å². The van der Waals surface area contributed by atoms with E-state index in [2.05, 4.69) is 15.6 Å². The summed E-state index contributed by atoms with van der Waals surface area (Å²) in [4.78, 5) is 27.8. The number of sulfone groups is 1. The van der Waals surface area contributed by atoms with Gasteiger partial charge in [0.2, 0.25) is 11.8 Å². The molecule has 0 fully saturated rings. The van der Waals surface area contributed by atoms with E-state index in [1.54, 1.807) is 42.5 Å². The van der Waals surface area contributed by atoms with Crippen LogP contribution >= 0.6 is 11.3 Å². The molecule has 0 unspecified atom stereocenters. The number of carbonyl (C=O) groups is 2. The first-order valence-corrected chi connectivity index (χ1v) is 11.0. The van der Waals surface area contributed by atoms with Gasteiger partial charge in [0.15, 0.2) is 15.0 Å². The van der Waals surface area contributed by atoms with Gasteiger partial charge in [0.25, 0.3) is 0 Å². The molecule has 2 N–H and O–H groups in total. The Kier molecular flexibility index (Phi) is 5.76. The number of hydrogen-bond donors (Lipinski definition) is 2. The predicted octanol–water partition coefficient (Wildman–Crippen LogP) is 3.37. The summed E-state index contributed by atoms with van der Waals surface area (Å²) in [5.74, 6) is -0.872. The van der Waals surface area contributed by atoms with Crippen LogP contribution in [0, 0.1) is 6.92 Å². The fourth-order valence-corrected chi connectivity index (χ4v) is 4.69. The number of anilines is 2. The van der Waals surface area contributed by atoms with Crippen molar-refractivity contribution in [2.45, 2.75) is 25.2 Å². The highest BCUT2D eigenvalue weighted by atomic mass is 32.2. The Bertz CT molecular complexity index is 1140. The van der Waals surface area contributed by atoms with Crippen LogP contribution in [0.5, 0.6) is 0 Å². The summed E-state index contributed by atoms with van der Waals surface area (Å²) >= 11 is 1.25. The van der Waals surface area contributed by atoms with Gasteiger partial charge in [0, 0.05) is 19.0 Å². The Labute approximate surface area is 166 Å². The maximum atomic E-state index is 12.3. The van der Waals surface area contributed by atoms with Crippen LogP contribution in [0.3, 0.4) is 0 Å². The zero-order valence-electron chi connectivity index (χ0n) is 15.4. The Hall–Kier alpha value is -2.78. The Morgan fingerprint density at radius 1 is 1.07 bits per heavy atom. The van der Waals surface area contributed by atoms with Gasteiger partial charge < -0.3 is 10.6 Å². The van der Waals surface area contributed by atoms with E-state index >= 15 is 0 Å². The number of thiazole rings is 1. The molecule has 3 rings (SSSR count). The van der Waals surface area contributed by atoms with Crippen LogP contribution in [0.4, 0.5) is 10.8 Å². The van der Waals surface area contributed by atoms with Crippen molar-refractivity contribution in [3.63, 3.8) is 0 Å². The van der Waals surface area contributed by atoms with Crippen molar-refractivity contribution in [3.8, 4) is 0 Å². The van der Waals surface area contributed by atoms with Gasteiger partial charge in [-0.3, -0.25) is 9.59 Å². The molecule has 146 valence electrons. The minimum Gasteiger partial charge on any atom is -0.326 e. The predicted molar refractivity (Wildman–Crippen MR) is 110 cm³/mol. The Balaban J connectivity index is 1.64. The third-order valence-corrected chi connectivity index (χ3v) is 6.60. The summed E-state index contributed by atoms with van der Waals surface area (Å²) in [5.41, 5.74) is 2.29. The van der Waals surface area contributed by atoms with Gasteiger partial charge in [-0.2, -0.15) is 0 Å². The first-order valence-electron chi connectivity index (χ1n) is 8.50. The summed E-state index contributed by atoms with van der Waals surface area (Å²) in [6, 6.07) is 11.8. The van der Waals surface area contributed by atoms with Crippen molar-refractivity contribution in [2.75, 3.05) is 16.4 Å². The SMILES string of the molecule is CC(=O)Nc1ccc2nc(NC(=O)CCS(=O)(=O)c3ccc(C)cc3)sc2c1. The lowest BCUT2D eigenvalue weighted by Crippen LogP contribution is -2.17. The molecule has 3 aromatic rings. The highest BCUT2D eigenvalue weighted by Gasteiger charge is 2.17. The molecule has 0 aliphatic rings. The standard InChI is InChI=1S/C19H19N3O4S2/c1-12-3-6-15(7-4-12)28(25,26)10-9-18(24)22-19-21-16-8-5-14(20-13(2)23)11-17(16)27-19/h3-8,11H,9-10H2,1-2H3,(H,20,23)(H,21,22,24). The van der Waals surface area contributed by atoms with Crippen LogP contribution in [0.25, 0.3) is 10.2 Å². The summed E-state index contributed by atoms with van der Waals surface area (Å²) in [7, 11) is -3.52. The minimum atomic E-state index is -3.52. The molecule has 0 saturated heterocycles. The van der Waals surface area contributed by atoms with E-state index in [1.807, 2.05) is 6.92 Å². The molecular formula is C19H19N3O4S2. The third kappa shape index (κ3) is 4.93. The highest BCUT2D eigenvalue weighted by Crippen LogP contribution is 2.28. The zero-order chi connectivity index (χ0) is 20.3. The Morgan fingerprint density at radius 2 is 1.79 bits per heavy atom. The van der Waals surface area contributed by atoms with Gasteiger partial charge in [0.1, 0.15) is 0 Å². The molecule has 0 aliphatic heterocycles. The second kappa shape index (κ2) is 8.07. The summed E-state index contributed by atoms with van der Waals surface area (Å²) in [5, 5.41) is 5.71. The van der Waals surface area contributed by atoms with Crippen LogP contribution < -0.4 is 10.6 Å². The lowest BCUT2D eigenvalue weighted by atomic mass is 10.2. The minimum absolute atomic E-state index is 0.163. The lowest BCUT2D eigenvalue weighted by Gasteiger charge is -2.05. The van der Waals surface area contributed by atoms with E-state index in [1.165, 1.54) is 18.3 Å². The van der Waals surface area contributed by atoms with Crippen molar-refractivity contribution in [3.05, 3.63) is 48.0 Å². The Morgan fingerprint density at radius 3 is 2.46 bits per heavy atom. The average Bonchev–Trinajstić information content (AvgIpc) is 3.01. The number of fused-ring (bicyclic) bond motifs is 1. The molecule has 0 spiro atoms. The molecule has 0 aliphatic carbocycles. The van der Waals surface area contributed by atoms with Gasteiger partial charge in [-0.05, 0) is 37.3 Å². The molecule has 2 amide bonds. The van der Waals surface area contributed by atoms with E-state index in [-0.39, 0.29) is 23.0 Å². The number of amides is 2. The second-order valence-electron chi connectivity index (χ2n) is 6.31. The number of rotatable bonds is 6. The molecule has 0 atom stereocenters. The number of hydrogen-bond acceptors (Lipinski definition) is 6. The molecule has 0 bridgehead atoms. The third-order valence-electron chi connectivity index (χ3n) is 3.93. The number of benzene rings is 2. The van der Waals surface area contributed by atoms with E-state index in [0.717, 1.165) is 10.3 Å². The number of aromatic nitrogens is 1. The molecule has 0 radical (unpaired) electrons. The zero-order valence-corrected chi connectivity index (χ0v) is 17.0. The maximum Gasteiger partial charge on any atom is 0.227 e. The average molecular weight is 418 g/mol.